The third-order valence-corrected chi connectivity index (χ3v) is 5.66. The van der Waals surface area contributed by atoms with E-state index in [-0.39, 0.29) is 17.6 Å². The monoisotopic (exact) mass is 422 g/mol. The van der Waals surface area contributed by atoms with Crippen molar-refractivity contribution in [2.75, 3.05) is 13.1 Å². The second kappa shape index (κ2) is 12.3. The molecule has 3 N–H and O–H groups in total. The van der Waals surface area contributed by atoms with Gasteiger partial charge in [-0.25, -0.2) is 14.0 Å². The third kappa shape index (κ3) is 8.49. The fourth-order valence-corrected chi connectivity index (χ4v) is 3.94. The van der Waals surface area contributed by atoms with E-state index < -0.39 is 11.9 Å². The first kappa shape index (κ1) is 23.8. The van der Waals surface area contributed by atoms with Gasteiger partial charge in [-0.15, -0.1) is 0 Å². The van der Waals surface area contributed by atoms with Crippen molar-refractivity contribution in [1.82, 2.24) is 10.2 Å². The SMILES string of the molecule is O=C(NC1CCCCCC1)C1CCN(Cc2ccc(F)cc2)CC1.O=C(O)C(=O)O. The van der Waals surface area contributed by atoms with Gasteiger partial charge in [0, 0.05) is 18.5 Å². The van der Waals surface area contributed by atoms with E-state index in [0.29, 0.717) is 6.04 Å². The van der Waals surface area contributed by atoms with Crippen LogP contribution in [0.3, 0.4) is 0 Å². The van der Waals surface area contributed by atoms with Gasteiger partial charge < -0.3 is 15.5 Å². The van der Waals surface area contributed by atoms with E-state index >= 15 is 0 Å². The van der Waals surface area contributed by atoms with Gasteiger partial charge in [0.25, 0.3) is 0 Å². The summed E-state index contributed by atoms with van der Waals surface area (Å²) in [4.78, 5) is 33.1. The second-order valence-electron chi connectivity index (χ2n) is 7.98. The van der Waals surface area contributed by atoms with E-state index in [4.69, 9.17) is 19.8 Å². The second-order valence-corrected chi connectivity index (χ2v) is 7.98. The van der Waals surface area contributed by atoms with E-state index in [1.807, 2.05) is 12.1 Å². The fourth-order valence-electron chi connectivity index (χ4n) is 3.94. The molecule has 1 amide bonds. The number of benzene rings is 1. The van der Waals surface area contributed by atoms with Crippen LogP contribution in [0.5, 0.6) is 0 Å². The minimum absolute atomic E-state index is 0.165. The Labute approximate surface area is 176 Å². The maximum atomic E-state index is 13.0. The van der Waals surface area contributed by atoms with Gasteiger partial charge in [-0.2, -0.15) is 0 Å². The van der Waals surface area contributed by atoms with Gasteiger partial charge in [-0.1, -0.05) is 37.8 Å². The van der Waals surface area contributed by atoms with Crippen LogP contribution in [0.15, 0.2) is 24.3 Å². The maximum Gasteiger partial charge on any atom is 0.414 e. The number of carboxylic acids is 2. The molecule has 1 aliphatic heterocycles. The Bertz CT molecular complexity index is 682. The van der Waals surface area contributed by atoms with Crippen molar-refractivity contribution in [3.8, 4) is 0 Å². The molecule has 0 aromatic heterocycles. The lowest BCUT2D eigenvalue weighted by atomic mass is 9.94. The number of aliphatic carboxylic acids is 2. The van der Waals surface area contributed by atoms with Gasteiger partial charge in [0.05, 0.1) is 0 Å². The minimum atomic E-state index is -1.82. The molecule has 8 heteroatoms. The van der Waals surface area contributed by atoms with E-state index in [0.717, 1.165) is 50.9 Å². The summed E-state index contributed by atoms with van der Waals surface area (Å²) in [6.07, 6.45) is 9.29. The predicted molar refractivity (Wildman–Crippen MR) is 109 cm³/mol. The van der Waals surface area contributed by atoms with E-state index in [1.54, 1.807) is 0 Å². The van der Waals surface area contributed by atoms with Crippen molar-refractivity contribution in [3.63, 3.8) is 0 Å². The molecule has 7 nitrogen and oxygen atoms in total. The normalized spacial score (nSPS) is 18.6. The maximum absolute atomic E-state index is 13.0. The van der Waals surface area contributed by atoms with Crippen molar-refractivity contribution < 1.29 is 29.0 Å². The zero-order chi connectivity index (χ0) is 21.9. The molecule has 0 radical (unpaired) electrons. The molecule has 2 aliphatic rings. The Morgan fingerprint density at radius 1 is 0.900 bits per heavy atom. The lowest BCUT2D eigenvalue weighted by Crippen LogP contribution is -2.43. The molecule has 166 valence electrons. The van der Waals surface area contributed by atoms with Crippen LogP contribution < -0.4 is 5.32 Å². The molecule has 1 heterocycles. The summed E-state index contributed by atoms with van der Waals surface area (Å²) in [6.45, 7) is 2.73. The highest BCUT2D eigenvalue weighted by Crippen LogP contribution is 2.22. The largest absolute Gasteiger partial charge is 0.473 e. The number of piperidine rings is 1. The Balaban J connectivity index is 0.000000469. The number of likely N-dealkylation sites (tertiary alicyclic amines) is 1. The minimum Gasteiger partial charge on any atom is -0.473 e. The number of rotatable bonds is 4. The van der Waals surface area contributed by atoms with Crippen LogP contribution in [-0.2, 0) is 20.9 Å². The van der Waals surface area contributed by atoms with Gasteiger partial charge in [0.2, 0.25) is 5.91 Å². The molecule has 0 unspecified atom stereocenters. The summed E-state index contributed by atoms with van der Waals surface area (Å²) in [5.74, 6) is -3.40. The van der Waals surface area contributed by atoms with Gasteiger partial charge in [0.15, 0.2) is 0 Å². The molecule has 0 spiro atoms. The highest BCUT2D eigenvalue weighted by Gasteiger charge is 2.26. The van der Waals surface area contributed by atoms with Gasteiger partial charge in [-0.3, -0.25) is 9.69 Å². The number of halogens is 1. The van der Waals surface area contributed by atoms with Crippen LogP contribution in [0.4, 0.5) is 4.39 Å². The van der Waals surface area contributed by atoms with Gasteiger partial charge in [0.1, 0.15) is 5.82 Å². The Morgan fingerprint density at radius 3 is 1.93 bits per heavy atom. The number of amides is 1. The highest BCUT2D eigenvalue weighted by atomic mass is 19.1. The lowest BCUT2D eigenvalue weighted by Gasteiger charge is -2.32. The number of hydrogen-bond acceptors (Lipinski definition) is 4. The first-order chi connectivity index (χ1) is 14.3. The zero-order valence-electron chi connectivity index (χ0n) is 17.2. The molecular formula is C22H31FN2O5. The number of carbonyl (C=O) groups excluding carboxylic acids is 1. The molecule has 30 heavy (non-hydrogen) atoms. The molecule has 1 aromatic carbocycles. The van der Waals surface area contributed by atoms with E-state index in [1.165, 1.54) is 37.8 Å². The topological polar surface area (TPSA) is 107 Å². The molecule has 1 saturated heterocycles. The zero-order valence-corrected chi connectivity index (χ0v) is 17.2. The highest BCUT2D eigenvalue weighted by molar-refractivity contribution is 6.27. The average molecular weight is 422 g/mol. The van der Waals surface area contributed by atoms with Crippen LogP contribution in [0.25, 0.3) is 0 Å². The Hall–Kier alpha value is -2.48. The molecule has 2 fully saturated rings. The quantitative estimate of drug-likeness (QED) is 0.509. The number of carbonyl (C=O) groups is 3. The molecule has 1 aliphatic carbocycles. The Morgan fingerprint density at radius 2 is 1.43 bits per heavy atom. The van der Waals surface area contributed by atoms with Gasteiger partial charge >= 0.3 is 11.9 Å². The number of nitrogens with zero attached hydrogens (tertiary/aromatic N) is 1. The molecule has 3 rings (SSSR count). The first-order valence-electron chi connectivity index (χ1n) is 10.6. The molecule has 0 atom stereocenters. The summed E-state index contributed by atoms with van der Waals surface area (Å²) < 4.78 is 13.0. The number of nitrogens with one attached hydrogen (secondary N) is 1. The van der Waals surface area contributed by atoms with Crippen molar-refractivity contribution in [2.24, 2.45) is 5.92 Å². The van der Waals surface area contributed by atoms with Crippen LogP contribution in [0.1, 0.15) is 56.9 Å². The van der Waals surface area contributed by atoms with Crippen LogP contribution in [0.2, 0.25) is 0 Å². The lowest BCUT2D eigenvalue weighted by molar-refractivity contribution is -0.159. The number of hydrogen-bond donors (Lipinski definition) is 3. The van der Waals surface area contributed by atoms with Gasteiger partial charge in [-0.05, 0) is 56.5 Å². The molecule has 1 aromatic rings. The third-order valence-electron chi connectivity index (χ3n) is 5.66. The summed E-state index contributed by atoms with van der Waals surface area (Å²) in [7, 11) is 0. The summed E-state index contributed by atoms with van der Waals surface area (Å²) in [6, 6.07) is 7.13. The van der Waals surface area contributed by atoms with Crippen molar-refractivity contribution in [1.29, 1.82) is 0 Å². The standard InChI is InChI=1S/C20H29FN2O.C2H2O4/c21-18-9-7-16(8-10-18)15-23-13-11-17(12-14-23)20(24)22-19-5-3-1-2-4-6-19;3-1(4)2(5)6/h7-10,17,19H,1-6,11-15H2,(H,22,24);(H,3,4)(H,5,6). The molecule has 1 saturated carbocycles. The fraction of sp³-hybridized carbons (Fsp3) is 0.591. The molecule has 0 bridgehead atoms. The number of carboxylic acid groups (broad SMARTS) is 2. The summed E-state index contributed by atoms with van der Waals surface area (Å²) >= 11 is 0. The Kier molecular flexibility index (Phi) is 9.73. The smallest absolute Gasteiger partial charge is 0.414 e. The van der Waals surface area contributed by atoms with Crippen molar-refractivity contribution >= 4 is 17.8 Å². The summed E-state index contributed by atoms with van der Waals surface area (Å²) in [5.41, 5.74) is 1.14. The molecular weight excluding hydrogens is 391 g/mol. The first-order valence-corrected chi connectivity index (χ1v) is 10.6. The van der Waals surface area contributed by atoms with Crippen LogP contribution in [0, 0.1) is 11.7 Å². The summed E-state index contributed by atoms with van der Waals surface area (Å²) in [5, 5.41) is 18.1. The predicted octanol–water partition coefficient (Wildman–Crippen LogP) is 3.03. The van der Waals surface area contributed by atoms with Crippen LogP contribution >= 0.6 is 0 Å². The van der Waals surface area contributed by atoms with E-state index in [9.17, 15) is 9.18 Å². The van der Waals surface area contributed by atoms with Crippen LogP contribution in [-0.4, -0.2) is 52.1 Å². The van der Waals surface area contributed by atoms with E-state index in [2.05, 4.69) is 10.2 Å². The van der Waals surface area contributed by atoms with Crippen molar-refractivity contribution in [2.45, 2.75) is 64.0 Å². The average Bonchev–Trinajstić information content (AvgIpc) is 2.99. The van der Waals surface area contributed by atoms with Crippen molar-refractivity contribution in [3.05, 3.63) is 35.6 Å².